The molecule has 17 heavy (non-hydrogen) atoms. The molecule has 0 spiro atoms. The van der Waals surface area contributed by atoms with Crippen LogP contribution in [-0.2, 0) is 14.6 Å². The molecule has 1 aromatic carbocycles. The average molecular weight is 258 g/mol. The van der Waals surface area contributed by atoms with Crippen LogP contribution in [0.15, 0.2) is 24.3 Å². The average Bonchev–Trinajstić information content (AvgIpc) is 2.91. The minimum atomic E-state index is -3.44. The number of benzene rings is 1. The molecule has 6 heteroatoms. The van der Waals surface area contributed by atoms with Gasteiger partial charge in [0.1, 0.15) is 5.82 Å². The molecule has 0 heterocycles. The Hall–Kier alpha value is -1.43. The van der Waals surface area contributed by atoms with Gasteiger partial charge in [0, 0.05) is 12.2 Å². The second-order valence-corrected chi connectivity index (χ2v) is 6.44. The van der Waals surface area contributed by atoms with E-state index in [1.807, 2.05) is 0 Å². The second kappa shape index (κ2) is 3.80. The number of halogens is 1. The third-order valence-corrected chi connectivity index (χ3v) is 4.54. The maximum absolute atomic E-state index is 13.0. The van der Waals surface area contributed by atoms with Crippen molar-refractivity contribution in [3.8, 4) is 0 Å². The van der Waals surface area contributed by atoms with Gasteiger partial charge in [0.25, 0.3) is 0 Å². The van der Waals surface area contributed by atoms with E-state index in [4.69, 9.17) is 5.11 Å². The topological polar surface area (TPSA) is 71.4 Å². The molecule has 1 fully saturated rings. The summed E-state index contributed by atoms with van der Waals surface area (Å²) in [5, 5.41) is 7.99. The minimum Gasteiger partial charge on any atom is -0.481 e. The van der Waals surface area contributed by atoms with Gasteiger partial charge < -0.3 is 5.11 Å². The lowest BCUT2D eigenvalue weighted by atomic mass is 10.1. The first kappa shape index (κ1) is 12.0. The highest BCUT2D eigenvalue weighted by molar-refractivity contribution is 7.91. The Labute approximate surface area is 98.0 Å². The molecule has 1 aliphatic rings. The normalized spacial score (nSPS) is 27.8. The number of sulfone groups is 1. The number of carbonyl (C=O) groups is 1. The predicted molar refractivity (Wildman–Crippen MR) is 58.9 cm³/mol. The second-order valence-electron chi connectivity index (χ2n) is 4.24. The summed E-state index contributed by atoms with van der Waals surface area (Å²) >= 11 is 0. The zero-order valence-corrected chi connectivity index (χ0v) is 9.82. The minimum absolute atomic E-state index is 0.424. The van der Waals surface area contributed by atoms with Crippen molar-refractivity contribution in [2.75, 3.05) is 6.26 Å². The predicted octanol–water partition coefficient (Wildman–Crippen LogP) is 1.04. The van der Waals surface area contributed by atoms with Gasteiger partial charge in [-0.05, 0) is 17.7 Å². The van der Waals surface area contributed by atoms with E-state index >= 15 is 0 Å². The van der Waals surface area contributed by atoms with Gasteiger partial charge in [-0.25, -0.2) is 12.8 Å². The summed E-state index contributed by atoms with van der Waals surface area (Å²) in [6.45, 7) is 0. The standard InChI is InChI=1S/C11H11FO4S/c1-17(15,16)10-8(9(10)11(13)14)6-3-2-4-7(12)5-6/h2-5,8-10H,1H3,(H,13,14)/t8-,9-,10+/m0/s1. The SMILES string of the molecule is CS(=O)(=O)[C@H]1[C@@H](C(=O)O)[C@@H]1c1cccc(F)c1. The van der Waals surface area contributed by atoms with Crippen molar-refractivity contribution >= 4 is 15.8 Å². The zero-order chi connectivity index (χ0) is 12.8. The molecule has 0 amide bonds. The van der Waals surface area contributed by atoms with Crippen molar-refractivity contribution in [3.63, 3.8) is 0 Å². The summed E-state index contributed by atoms with van der Waals surface area (Å²) in [6.07, 6.45) is 1.01. The smallest absolute Gasteiger partial charge is 0.308 e. The van der Waals surface area contributed by atoms with Crippen molar-refractivity contribution in [1.29, 1.82) is 0 Å². The molecule has 0 saturated heterocycles. The van der Waals surface area contributed by atoms with Crippen molar-refractivity contribution < 1.29 is 22.7 Å². The van der Waals surface area contributed by atoms with Crippen molar-refractivity contribution in [1.82, 2.24) is 0 Å². The molecule has 1 N–H and O–H groups in total. The van der Waals surface area contributed by atoms with Crippen LogP contribution in [0, 0.1) is 11.7 Å². The third-order valence-electron chi connectivity index (χ3n) is 2.97. The van der Waals surface area contributed by atoms with E-state index in [9.17, 15) is 17.6 Å². The molecule has 0 unspecified atom stereocenters. The first-order valence-corrected chi connectivity index (χ1v) is 6.95. The Morgan fingerprint density at radius 2 is 2.06 bits per heavy atom. The van der Waals surface area contributed by atoms with E-state index in [1.165, 1.54) is 18.2 Å². The van der Waals surface area contributed by atoms with Gasteiger partial charge in [0.05, 0.1) is 11.2 Å². The van der Waals surface area contributed by atoms with E-state index < -0.39 is 38.7 Å². The highest BCUT2D eigenvalue weighted by Crippen LogP contribution is 2.52. The monoisotopic (exact) mass is 258 g/mol. The van der Waals surface area contributed by atoms with Gasteiger partial charge in [-0.2, -0.15) is 0 Å². The molecule has 92 valence electrons. The van der Waals surface area contributed by atoms with Gasteiger partial charge in [-0.3, -0.25) is 4.79 Å². The highest BCUT2D eigenvalue weighted by Gasteiger charge is 2.61. The Morgan fingerprint density at radius 3 is 2.47 bits per heavy atom. The first-order chi connectivity index (χ1) is 7.82. The fraction of sp³-hybridized carbons (Fsp3) is 0.364. The van der Waals surface area contributed by atoms with Crippen LogP contribution in [0.5, 0.6) is 0 Å². The molecule has 4 nitrogen and oxygen atoms in total. The van der Waals surface area contributed by atoms with Crippen molar-refractivity contribution in [2.24, 2.45) is 5.92 Å². The van der Waals surface area contributed by atoms with Crippen LogP contribution < -0.4 is 0 Å². The Balaban J connectivity index is 2.37. The van der Waals surface area contributed by atoms with Crippen LogP contribution in [0.4, 0.5) is 4.39 Å². The van der Waals surface area contributed by atoms with Crippen LogP contribution in [0.2, 0.25) is 0 Å². The van der Waals surface area contributed by atoms with E-state index in [0.29, 0.717) is 5.56 Å². The highest BCUT2D eigenvalue weighted by atomic mass is 32.2. The summed E-state index contributed by atoms with van der Waals surface area (Å²) < 4.78 is 35.9. The number of hydrogen-bond donors (Lipinski definition) is 1. The summed E-state index contributed by atoms with van der Waals surface area (Å²) in [6, 6.07) is 5.42. The van der Waals surface area contributed by atoms with Crippen LogP contribution >= 0.6 is 0 Å². The molecule has 0 bridgehead atoms. The van der Waals surface area contributed by atoms with Gasteiger partial charge in [-0.15, -0.1) is 0 Å². The number of carboxylic acids is 1. The Morgan fingerprint density at radius 1 is 1.41 bits per heavy atom. The summed E-state index contributed by atoms with van der Waals surface area (Å²) in [7, 11) is -3.44. The molecule has 1 aromatic rings. The fourth-order valence-electron chi connectivity index (χ4n) is 2.22. The van der Waals surface area contributed by atoms with Crippen molar-refractivity contribution in [2.45, 2.75) is 11.2 Å². The molecule has 1 aliphatic carbocycles. The summed E-state index contributed by atoms with van der Waals surface area (Å²) in [5.41, 5.74) is 0.424. The Kier molecular flexibility index (Phi) is 2.69. The largest absolute Gasteiger partial charge is 0.481 e. The number of aliphatic carboxylic acids is 1. The number of rotatable bonds is 3. The Bertz CT molecular complexity index is 567. The lowest BCUT2D eigenvalue weighted by molar-refractivity contribution is -0.138. The van der Waals surface area contributed by atoms with Gasteiger partial charge in [-0.1, -0.05) is 12.1 Å². The quantitative estimate of drug-likeness (QED) is 0.879. The lowest BCUT2D eigenvalue weighted by Gasteiger charge is -1.98. The zero-order valence-electron chi connectivity index (χ0n) is 9.00. The van der Waals surface area contributed by atoms with E-state index in [1.54, 1.807) is 6.07 Å². The van der Waals surface area contributed by atoms with Gasteiger partial charge >= 0.3 is 5.97 Å². The maximum Gasteiger partial charge on any atom is 0.308 e. The molecular formula is C11H11FO4S. The molecule has 0 aliphatic heterocycles. The number of hydrogen-bond acceptors (Lipinski definition) is 3. The summed E-state index contributed by atoms with van der Waals surface area (Å²) in [5.74, 6) is -3.26. The molecule has 0 radical (unpaired) electrons. The summed E-state index contributed by atoms with van der Waals surface area (Å²) in [4.78, 5) is 10.9. The molecule has 2 rings (SSSR count). The fourth-order valence-corrected chi connectivity index (χ4v) is 3.81. The van der Waals surface area contributed by atoms with E-state index in [2.05, 4.69) is 0 Å². The van der Waals surface area contributed by atoms with Crippen molar-refractivity contribution in [3.05, 3.63) is 35.6 Å². The van der Waals surface area contributed by atoms with E-state index in [0.717, 1.165) is 6.26 Å². The lowest BCUT2D eigenvalue weighted by Crippen LogP contribution is -2.10. The molecular weight excluding hydrogens is 247 g/mol. The first-order valence-electron chi connectivity index (χ1n) is 4.99. The van der Waals surface area contributed by atoms with Crippen LogP contribution in [0.3, 0.4) is 0 Å². The molecule has 0 aromatic heterocycles. The van der Waals surface area contributed by atoms with Crippen LogP contribution in [-0.4, -0.2) is 31.0 Å². The van der Waals surface area contributed by atoms with Crippen LogP contribution in [0.25, 0.3) is 0 Å². The molecule has 3 atom stereocenters. The van der Waals surface area contributed by atoms with Gasteiger partial charge in [0.15, 0.2) is 9.84 Å². The number of carboxylic acid groups (broad SMARTS) is 1. The van der Waals surface area contributed by atoms with Crippen LogP contribution in [0.1, 0.15) is 11.5 Å². The third kappa shape index (κ3) is 2.17. The van der Waals surface area contributed by atoms with E-state index in [-0.39, 0.29) is 0 Å². The van der Waals surface area contributed by atoms with Gasteiger partial charge in [0.2, 0.25) is 0 Å². The molecule has 1 saturated carbocycles. The maximum atomic E-state index is 13.0.